The second-order valence-corrected chi connectivity index (χ2v) is 3.43. The molecule has 0 bridgehead atoms. The summed E-state index contributed by atoms with van der Waals surface area (Å²) >= 11 is 0. The number of carbonyl (C=O) groups is 1. The van der Waals surface area contributed by atoms with E-state index in [0.29, 0.717) is 5.56 Å². The van der Waals surface area contributed by atoms with Gasteiger partial charge in [-0.2, -0.15) is 0 Å². The zero-order valence-corrected chi connectivity index (χ0v) is 8.73. The van der Waals surface area contributed by atoms with Gasteiger partial charge in [0.1, 0.15) is 0 Å². The van der Waals surface area contributed by atoms with Crippen molar-refractivity contribution in [3.8, 4) is 0 Å². The molecule has 1 aromatic rings. The van der Waals surface area contributed by atoms with Crippen molar-refractivity contribution in [2.75, 3.05) is 0 Å². The minimum Gasteiger partial charge on any atom is -0.478 e. The van der Waals surface area contributed by atoms with Crippen molar-refractivity contribution in [2.45, 2.75) is 25.7 Å². The standard InChI is InChI=1S/C7H6O2.C6H10/c8-7(9)6-4-2-1-3-5-6;1-2-4-6-5-3-1/h1-5H,(H,8,9);1-2H,3-6H2. The summed E-state index contributed by atoms with van der Waals surface area (Å²) in [4.78, 5) is 10.2. The first kappa shape index (κ1) is 11.5. The molecule has 0 saturated carbocycles. The molecule has 0 fully saturated rings. The molecule has 1 aromatic carbocycles. The Bertz CT molecular complexity index is 307. The average Bonchev–Trinajstić information content (AvgIpc) is 2.33. The number of hydrogen-bond acceptors (Lipinski definition) is 1. The van der Waals surface area contributed by atoms with Gasteiger partial charge in [-0.1, -0.05) is 30.4 Å². The summed E-state index contributed by atoms with van der Waals surface area (Å²) in [5.41, 5.74) is 0.331. The van der Waals surface area contributed by atoms with E-state index in [2.05, 4.69) is 12.2 Å². The molecule has 1 aliphatic rings. The molecular formula is C13H16O2. The maximum atomic E-state index is 10.2. The first-order valence-electron chi connectivity index (χ1n) is 5.24. The lowest BCUT2D eigenvalue weighted by Crippen LogP contribution is -1.93. The summed E-state index contributed by atoms with van der Waals surface area (Å²) in [5, 5.41) is 8.38. The molecule has 2 heteroatoms. The minimum absolute atomic E-state index is 0.331. The van der Waals surface area contributed by atoms with Gasteiger partial charge in [0, 0.05) is 0 Å². The van der Waals surface area contributed by atoms with Crippen molar-refractivity contribution in [1.29, 1.82) is 0 Å². The fraction of sp³-hybridized carbons (Fsp3) is 0.308. The van der Waals surface area contributed by atoms with Crippen LogP contribution < -0.4 is 0 Å². The van der Waals surface area contributed by atoms with Gasteiger partial charge in [-0.3, -0.25) is 0 Å². The third-order valence-corrected chi connectivity index (χ3v) is 2.18. The van der Waals surface area contributed by atoms with Crippen LogP contribution in [0.3, 0.4) is 0 Å². The highest BCUT2D eigenvalue weighted by Crippen LogP contribution is 2.07. The van der Waals surface area contributed by atoms with Gasteiger partial charge >= 0.3 is 5.97 Å². The molecule has 0 saturated heterocycles. The predicted molar refractivity (Wildman–Crippen MR) is 61.0 cm³/mol. The molecule has 2 nitrogen and oxygen atoms in total. The van der Waals surface area contributed by atoms with E-state index in [4.69, 9.17) is 5.11 Å². The lowest BCUT2D eigenvalue weighted by Gasteiger charge is -1.97. The highest BCUT2D eigenvalue weighted by molar-refractivity contribution is 5.87. The Kier molecular flexibility index (Phi) is 5.23. The van der Waals surface area contributed by atoms with Crippen LogP contribution in [0.2, 0.25) is 0 Å². The van der Waals surface area contributed by atoms with Gasteiger partial charge in [-0.15, -0.1) is 0 Å². The van der Waals surface area contributed by atoms with Crippen LogP contribution in [0.1, 0.15) is 36.0 Å². The van der Waals surface area contributed by atoms with Gasteiger partial charge < -0.3 is 5.11 Å². The molecular weight excluding hydrogens is 188 g/mol. The monoisotopic (exact) mass is 204 g/mol. The zero-order valence-electron chi connectivity index (χ0n) is 8.73. The smallest absolute Gasteiger partial charge is 0.335 e. The van der Waals surface area contributed by atoms with E-state index < -0.39 is 5.97 Å². The molecule has 1 N–H and O–H groups in total. The first-order chi connectivity index (χ1) is 7.30. The van der Waals surface area contributed by atoms with Gasteiger partial charge in [-0.25, -0.2) is 4.79 Å². The number of carboxylic acids is 1. The minimum atomic E-state index is -0.879. The maximum absolute atomic E-state index is 10.2. The van der Waals surface area contributed by atoms with Crippen LogP contribution >= 0.6 is 0 Å². The van der Waals surface area contributed by atoms with Gasteiger partial charge in [0.05, 0.1) is 5.56 Å². The zero-order chi connectivity index (χ0) is 10.9. The number of rotatable bonds is 1. The Hall–Kier alpha value is -1.57. The second-order valence-electron chi connectivity index (χ2n) is 3.43. The van der Waals surface area contributed by atoms with E-state index >= 15 is 0 Å². The Morgan fingerprint density at radius 2 is 1.53 bits per heavy atom. The normalized spacial score (nSPS) is 13.9. The molecule has 0 unspecified atom stereocenters. The van der Waals surface area contributed by atoms with E-state index in [0.717, 1.165) is 0 Å². The molecule has 0 spiro atoms. The van der Waals surface area contributed by atoms with Gasteiger partial charge in [-0.05, 0) is 37.8 Å². The Balaban J connectivity index is 0.000000162. The number of hydrogen-bond donors (Lipinski definition) is 1. The van der Waals surface area contributed by atoms with Crippen molar-refractivity contribution in [2.24, 2.45) is 0 Å². The third kappa shape index (κ3) is 5.01. The van der Waals surface area contributed by atoms with Crippen LogP contribution in [-0.4, -0.2) is 11.1 Å². The van der Waals surface area contributed by atoms with E-state index in [1.54, 1.807) is 30.3 Å². The maximum Gasteiger partial charge on any atom is 0.335 e. The van der Waals surface area contributed by atoms with E-state index in [1.807, 2.05) is 0 Å². The summed E-state index contributed by atoms with van der Waals surface area (Å²) < 4.78 is 0. The molecule has 0 aromatic heterocycles. The molecule has 0 atom stereocenters. The van der Waals surface area contributed by atoms with Crippen LogP contribution in [0.15, 0.2) is 42.5 Å². The van der Waals surface area contributed by atoms with E-state index in [-0.39, 0.29) is 0 Å². The Morgan fingerprint density at radius 1 is 1.00 bits per heavy atom. The van der Waals surface area contributed by atoms with Crippen molar-refractivity contribution in [3.05, 3.63) is 48.0 Å². The van der Waals surface area contributed by atoms with Crippen LogP contribution in [-0.2, 0) is 0 Å². The lowest BCUT2D eigenvalue weighted by atomic mass is 10.1. The summed E-state index contributed by atoms with van der Waals surface area (Å²) in [5.74, 6) is -0.879. The van der Waals surface area contributed by atoms with Gasteiger partial charge in [0.25, 0.3) is 0 Å². The predicted octanol–water partition coefficient (Wildman–Crippen LogP) is 3.50. The topological polar surface area (TPSA) is 37.3 Å². The first-order valence-corrected chi connectivity index (χ1v) is 5.24. The molecule has 0 amide bonds. The number of benzene rings is 1. The molecule has 2 rings (SSSR count). The molecule has 1 aliphatic carbocycles. The second kappa shape index (κ2) is 6.82. The number of aromatic carboxylic acids is 1. The summed E-state index contributed by atoms with van der Waals surface area (Å²) in [6.07, 6.45) is 10.0. The molecule has 0 radical (unpaired) electrons. The van der Waals surface area contributed by atoms with Crippen molar-refractivity contribution in [1.82, 2.24) is 0 Å². The van der Waals surface area contributed by atoms with Crippen molar-refractivity contribution >= 4 is 5.97 Å². The molecule has 80 valence electrons. The molecule has 15 heavy (non-hydrogen) atoms. The fourth-order valence-electron chi connectivity index (χ4n) is 1.34. The Morgan fingerprint density at radius 3 is 1.80 bits per heavy atom. The summed E-state index contributed by atoms with van der Waals surface area (Å²) in [6, 6.07) is 8.30. The van der Waals surface area contributed by atoms with Gasteiger partial charge in [0.15, 0.2) is 0 Å². The summed E-state index contributed by atoms with van der Waals surface area (Å²) in [6.45, 7) is 0. The fourth-order valence-corrected chi connectivity index (χ4v) is 1.34. The van der Waals surface area contributed by atoms with Crippen molar-refractivity contribution < 1.29 is 9.90 Å². The number of allylic oxidation sites excluding steroid dienone is 2. The van der Waals surface area contributed by atoms with E-state index in [1.165, 1.54) is 25.7 Å². The van der Waals surface area contributed by atoms with Crippen LogP contribution in [0, 0.1) is 0 Å². The van der Waals surface area contributed by atoms with E-state index in [9.17, 15) is 4.79 Å². The van der Waals surface area contributed by atoms with Crippen LogP contribution in [0.25, 0.3) is 0 Å². The molecule has 0 heterocycles. The van der Waals surface area contributed by atoms with Gasteiger partial charge in [0.2, 0.25) is 0 Å². The highest BCUT2D eigenvalue weighted by Gasteiger charge is 1.96. The van der Waals surface area contributed by atoms with Crippen LogP contribution in [0.4, 0.5) is 0 Å². The Labute approximate surface area is 90.3 Å². The SMILES string of the molecule is C1=CCCCC1.O=C(O)c1ccccc1. The molecule has 0 aliphatic heterocycles. The van der Waals surface area contributed by atoms with Crippen LogP contribution in [0.5, 0.6) is 0 Å². The quantitative estimate of drug-likeness (QED) is 0.711. The number of carboxylic acid groups (broad SMARTS) is 1. The largest absolute Gasteiger partial charge is 0.478 e. The van der Waals surface area contributed by atoms with Crippen molar-refractivity contribution in [3.63, 3.8) is 0 Å². The third-order valence-electron chi connectivity index (χ3n) is 2.18. The lowest BCUT2D eigenvalue weighted by molar-refractivity contribution is 0.0697. The highest BCUT2D eigenvalue weighted by atomic mass is 16.4. The average molecular weight is 204 g/mol. The summed E-state index contributed by atoms with van der Waals surface area (Å²) in [7, 11) is 0.